The van der Waals surface area contributed by atoms with E-state index >= 15 is 0 Å². The van der Waals surface area contributed by atoms with Crippen molar-refractivity contribution >= 4 is 43.1 Å². The molecule has 0 N–H and O–H groups in total. The number of hydrogen-bond donors (Lipinski definition) is 0. The van der Waals surface area contributed by atoms with E-state index in [0.717, 1.165) is 19.3 Å². The summed E-state index contributed by atoms with van der Waals surface area (Å²) in [5.74, 6) is 0. The molecule has 288 valence electrons. The van der Waals surface area contributed by atoms with Crippen LogP contribution >= 0.6 is 0 Å². The van der Waals surface area contributed by atoms with E-state index in [0.29, 0.717) is 0 Å². The minimum absolute atomic E-state index is 0.157. The van der Waals surface area contributed by atoms with Gasteiger partial charge in [0.15, 0.2) is 0 Å². The zero-order valence-electron chi connectivity index (χ0n) is 34.9. The second-order valence-corrected chi connectivity index (χ2v) is 17.0. The SMILES string of the molecule is CCc1ccc(-c2c3ccccc3c(-c3ccc4c(c3)C(C)(CC)c3cc(-c5c6ccccc6c(-c6ccc(CC)cc6)c6ccccc56)ccc3-4)c3ccccc23)cc1. The molecule has 11 rings (SSSR count). The van der Waals surface area contributed by atoms with Crippen molar-refractivity contribution in [3.63, 3.8) is 0 Å². The molecule has 0 saturated carbocycles. The van der Waals surface area contributed by atoms with Gasteiger partial charge in [0.05, 0.1) is 0 Å². The van der Waals surface area contributed by atoms with Crippen molar-refractivity contribution < 1.29 is 0 Å². The first-order chi connectivity index (χ1) is 29.5. The Balaban J connectivity index is 1.09. The van der Waals surface area contributed by atoms with Gasteiger partial charge in [0, 0.05) is 5.41 Å². The van der Waals surface area contributed by atoms with Crippen molar-refractivity contribution in [3.8, 4) is 55.6 Å². The van der Waals surface area contributed by atoms with Crippen molar-refractivity contribution in [3.05, 3.63) is 204 Å². The molecule has 0 unspecified atom stereocenters. The summed E-state index contributed by atoms with van der Waals surface area (Å²) in [5.41, 5.74) is 18.5. The Labute approximate surface area is 353 Å². The van der Waals surface area contributed by atoms with Crippen molar-refractivity contribution in [1.82, 2.24) is 0 Å². The summed E-state index contributed by atoms with van der Waals surface area (Å²) in [6.45, 7) is 9.29. The lowest BCUT2D eigenvalue weighted by Gasteiger charge is -2.27. The van der Waals surface area contributed by atoms with E-state index in [9.17, 15) is 0 Å². The maximum Gasteiger partial charge on any atom is 0.0184 e. The van der Waals surface area contributed by atoms with Gasteiger partial charge in [0.1, 0.15) is 0 Å². The summed E-state index contributed by atoms with van der Waals surface area (Å²) in [5, 5.41) is 10.4. The van der Waals surface area contributed by atoms with Gasteiger partial charge in [0.2, 0.25) is 0 Å². The predicted octanol–water partition coefficient (Wildman–Crippen LogP) is 16.8. The Morgan fingerprint density at radius 2 is 0.583 bits per heavy atom. The molecule has 0 heterocycles. The van der Waals surface area contributed by atoms with Crippen LogP contribution in [-0.2, 0) is 18.3 Å². The molecule has 10 aromatic rings. The molecule has 0 heteroatoms. The molecule has 0 aliphatic heterocycles. The maximum atomic E-state index is 2.53. The van der Waals surface area contributed by atoms with Crippen molar-refractivity contribution in [2.75, 3.05) is 0 Å². The third-order valence-corrected chi connectivity index (χ3v) is 14.0. The van der Waals surface area contributed by atoms with Gasteiger partial charge in [-0.3, -0.25) is 0 Å². The summed E-state index contributed by atoms with van der Waals surface area (Å²) in [6, 6.07) is 69.2. The molecule has 60 heavy (non-hydrogen) atoms. The highest BCUT2D eigenvalue weighted by Gasteiger charge is 2.39. The molecule has 0 spiro atoms. The molecule has 0 aromatic heterocycles. The van der Waals surface area contributed by atoms with Crippen molar-refractivity contribution in [1.29, 1.82) is 0 Å². The molecule has 0 bridgehead atoms. The normalized spacial score (nSPS) is 13.0. The monoisotopic (exact) mass is 768 g/mol. The van der Waals surface area contributed by atoms with Crippen LogP contribution in [0.15, 0.2) is 182 Å². The van der Waals surface area contributed by atoms with Gasteiger partial charge in [-0.05, 0) is 152 Å². The van der Waals surface area contributed by atoms with Gasteiger partial charge >= 0.3 is 0 Å². The van der Waals surface area contributed by atoms with Crippen molar-refractivity contribution in [2.24, 2.45) is 0 Å². The molecular formula is C60H48. The lowest BCUT2D eigenvalue weighted by molar-refractivity contribution is 0.565. The fourth-order valence-corrected chi connectivity index (χ4v) is 10.6. The zero-order valence-corrected chi connectivity index (χ0v) is 34.9. The van der Waals surface area contributed by atoms with Crippen LogP contribution in [0.4, 0.5) is 0 Å². The van der Waals surface area contributed by atoms with Gasteiger partial charge in [-0.15, -0.1) is 0 Å². The first-order valence-corrected chi connectivity index (χ1v) is 21.9. The Bertz CT molecular complexity index is 2970. The van der Waals surface area contributed by atoms with Crippen molar-refractivity contribution in [2.45, 2.75) is 52.4 Å². The van der Waals surface area contributed by atoms with Gasteiger partial charge in [0.25, 0.3) is 0 Å². The minimum Gasteiger partial charge on any atom is -0.0642 e. The Hall–Kier alpha value is -6.76. The lowest BCUT2D eigenvalue weighted by Crippen LogP contribution is -2.19. The van der Waals surface area contributed by atoms with Crippen LogP contribution in [0.5, 0.6) is 0 Å². The van der Waals surface area contributed by atoms with E-state index in [2.05, 4.69) is 210 Å². The molecule has 1 aliphatic carbocycles. The van der Waals surface area contributed by atoms with E-state index in [1.54, 1.807) is 0 Å². The second-order valence-electron chi connectivity index (χ2n) is 17.0. The van der Waals surface area contributed by atoms with Gasteiger partial charge in [-0.2, -0.15) is 0 Å². The molecule has 0 radical (unpaired) electrons. The molecule has 0 fully saturated rings. The van der Waals surface area contributed by atoms with E-state index in [-0.39, 0.29) is 5.41 Å². The van der Waals surface area contributed by atoms with Crippen LogP contribution in [0.25, 0.3) is 98.7 Å². The van der Waals surface area contributed by atoms with E-state index in [1.165, 1.54) is 121 Å². The standard InChI is InChI=1S/C60H48/c1-5-38-24-28-40(29-25-38)56-46-16-8-12-20-50(46)58(51-21-13-9-17-47(51)56)42-32-34-44-45-35-33-43(37-55(45)60(4,7-3)54(44)36-42)59-52-22-14-10-18-48(52)57(49-19-11-15-23-53(49)59)41-30-26-39(6-2)27-31-41/h8-37H,5-7H2,1-4H3. The number of rotatable bonds is 7. The first kappa shape index (κ1) is 36.3. The number of hydrogen-bond acceptors (Lipinski definition) is 0. The van der Waals surface area contributed by atoms with Crippen LogP contribution in [-0.4, -0.2) is 0 Å². The summed E-state index contributed by atoms with van der Waals surface area (Å²) in [4.78, 5) is 0. The topological polar surface area (TPSA) is 0 Å². The second kappa shape index (κ2) is 14.2. The van der Waals surface area contributed by atoms with Gasteiger partial charge < -0.3 is 0 Å². The molecule has 0 atom stereocenters. The van der Waals surface area contributed by atoms with Crippen LogP contribution < -0.4 is 0 Å². The predicted molar refractivity (Wildman–Crippen MR) is 259 cm³/mol. The van der Waals surface area contributed by atoms with E-state index < -0.39 is 0 Å². The third-order valence-electron chi connectivity index (χ3n) is 14.0. The van der Waals surface area contributed by atoms with Gasteiger partial charge in [-0.25, -0.2) is 0 Å². The minimum atomic E-state index is -0.157. The third kappa shape index (κ3) is 5.44. The lowest BCUT2D eigenvalue weighted by atomic mass is 9.76. The number of aryl methyl sites for hydroxylation is 2. The Morgan fingerprint density at radius 1 is 0.317 bits per heavy atom. The number of benzene rings is 10. The first-order valence-electron chi connectivity index (χ1n) is 21.9. The smallest absolute Gasteiger partial charge is 0.0184 e. The highest BCUT2D eigenvalue weighted by molar-refractivity contribution is 6.23. The molecule has 1 aliphatic rings. The average molecular weight is 769 g/mol. The summed E-state index contributed by atoms with van der Waals surface area (Å²) < 4.78 is 0. The molecule has 10 aromatic carbocycles. The highest BCUT2D eigenvalue weighted by atomic mass is 14.4. The summed E-state index contributed by atoms with van der Waals surface area (Å²) >= 11 is 0. The Morgan fingerprint density at radius 3 is 0.850 bits per heavy atom. The summed E-state index contributed by atoms with van der Waals surface area (Å²) in [7, 11) is 0. The van der Waals surface area contributed by atoms with Gasteiger partial charge in [-0.1, -0.05) is 198 Å². The zero-order chi connectivity index (χ0) is 40.5. The molecule has 0 nitrogen and oxygen atoms in total. The van der Waals surface area contributed by atoms with Crippen LogP contribution in [0.3, 0.4) is 0 Å². The average Bonchev–Trinajstić information content (AvgIpc) is 3.56. The van der Waals surface area contributed by atoms with E-state index in [1.807, 2.05) is 0 Å². The maximum absolute atomic E-state index is 2.53. The molecule has 0 amide bonds. The van der Waals surface area contributed by atoms with Crippen LogP contribution in [0.2, 0.25) is 0 Å². The number of fused-ring (bicyclic) bond motifs is 7. The molecular weight excluding hydrogens is 721 g/mol. The summed E-state index contributed by atoms with van der Waals surface area (Å²) in [6.07, 6.45) is 3.08. The Kier molecular flexibility index (Phi) is 8.61. The molecule has 0 saturated heterocycles. The van der Waals surface area contributed by atoms with Crippen LogP contribution in [0.1, 0.15) is 56.4 Å². The highest BCUT2D eigenvalue weighted by Crippen LogP contribution is 2.54. The largest absolute Gasteiger partial charge is 0.0642 e. The fraction of sp³-hybridized carbons (Fsp3) is 0.133. The van der Waals surface area contributed by atoms with E-state index in [4.69, 9.17) is 0 Å². The van der Waals surface area contributed by atoms with Crippen LogP contribution in [0, 0.1) is 0 Å². The quantitative estimate of drug-likeness (QED) is 0.142. The fourth-order valence-electron chi connectivity index (χ4n) is 10.6.